The van der Waals surface area contributed by atoms with Crippen LogP contribution in [0.4, 0.5) is 0 Å². The number of hydrogen-bond acceptors (Lipinski definition) is 1. The maximum absolute atomic E-state index is 7.67. The molecule has 0 aliphatic carbocycles. The van der Waals surface area contributed by atoms with E-state index in [-0.39, 0.29) is 12.2 Å². The number of benzene rings is 1. The van der Waals surface area contributed by atoms with Gasteiger partial charge in [0.2, 0.25) is 0 Å². The van der Waals surface area contributed by atoms with E-state index < -0.39 is 13.8 Å². The Morgan fingerprint density at radius 2 is 2.29 bits per heavy atom. The molecule has 0 spiro atoms. The SMILES string of the molecule is [2H]C([2H])([2H])c1c(CCN)c2ccccc2n1C([2H])([2H])[2H]. The van der Waals surface area contributed by atoms with Gasteiger partial charge >= 0.3 is 0 Å². The molecule has 2 rings (SSSR count). The van der Waals surface area contributed by atoms with Gasteiger partial charge in [-0.05, 0) is 31.4 Å². The van der Waals surface area contributed by atoms with Crippen LogP contribution in [0.25, 0.3) is 10.9 Å². The summed E-state index contributed by atoms with van der Waals surface area (Å²) in [5, 5.41) is 0.639. The smallest absolute Gasteiger partial charge is 0.0482 e. The first-order valence-corrected chi connectivity index (χ1v) is 4.51. The Labute approximate surface area is 92.8 Å². The fourth-order valence-electron chi connectivity index (χ4n) is 1.70. The summed E-state index contributed by atoms with van der Waals surface area (Å²) < 4.78 is 46.9. The molecule has 0 radical (unpaired) electrons. The number of nitrogens with two attached hydrogens (primary N) is 1. The van der Waals surface area contributed by atoms with Crippen molar-refractivity contribution in [3.63, 3.8) is 0 Å². The molecule has 0 aliphatic heterocycles. The third kappa shape index (κ3) is 1.23. The Balaban J connectivity index is 2.94. The number of nitrogens with zero attached hydrogens (tertiary/aromatic N) is 1. The quantitative estimate of drug-likeness (QED) is 0.778. The Morgan fingerprint density at radius 1 is 1.43 bits per heavy atom. The number of hydrogen-bond donors (Lipinski definition) is 1. The normalized spacial score (nSPS) is 19.2. The molecule has 14 heavy (non-hydrogen) atoms. The fourth-order valence-corrected chi connectivity index (χ4v) is 1.70. The molecule has 0 saturated heterocycles. The lowest BCUT2D eigenvalue weighted by Gasteiger charge is -1.99. The molecule has 74 valence electrons. The Hall–Kier alpha value is -1.28. The molecule has 2 aromatic rings. The number of aromatic nitrogens is 1. The number of para-hydroxylation sites is 1. The van der Waals surface area contributed by atoms with Crippen LogP contribution in [0.2, 0.25) is 0 Å². The molecule has 2 nitrogen and oxygen atoms in total. The molecule has 0 bridgehead atoms. The zero-order valence-corrected chi connectivity index (χ0v) is 7.75. The monoisotopic (exact) mass is 194 g/mol. The summed E-state index contributed by atoms with van der Waals surface area (Å²) in [6.45, 7) is -4.79. The van der Waals surface area contributed by atoms with Gasteiger partial charge in [0.05, 0.1) is 0 Å². The molecular formula is C12H16N2. The minimum absolute atomic E-state index is 0.135. The van der Waals surface area contributed by atoms with Crippen molar-refractivity contribution in [3.05, 3.63) is 35.5 Å². The van der Waals surface area contributed by atoms with Crippen LogP contribution in [0.3, 0.4) is 0 Å². The second-order valence-electron chi connectivity index (χ2n) is 3.22. The van der Waals surface area contributed by atoms with E-state index in [1.807, 2.05) is 0 Å². The van der Waals surface area contributed by atoms with Crippen molar-refractivity contribution < 1.29 is 8.22 Å². The predicted molar refractivity (Wildman–Crippen MR) is 60.4 cm³/mol. The zero-order chi connectivity index (χ0) is 15.1. The van der Waals surface area contributed by atoms with E-state index in [0.29, 0.717) is 22.9 Å². The largest absolute Gasteiger partial charge is 0.348 e. The standard InChI is InChI=1S/C12H16N2/c1-9-10(7-8-13)11-5-3-4-6-12(11)14(9)2/h3-6H,7-8,13H2,1-2H3/i1D3,2D3. The van der Waals surface area contributed by atoms with Gasteiger partial charge in [-0.3, -0.25) is 0 Å². The molecule has 1 aromatic carbocycles. The molecule has 1 heterocycles. The van der Waals surface area contributed by atoms with Gasteiger partial charge in [0.25, 0.3) is 0 Å². The van der Waals surface area contributed by atoms with Crippen molar-refractivity contribution in [2.45, 2.75) is 13.3 Å². The average molecular weight is 194 g/mol. The molecule has 2 heteroatoms. The third-order valence-corrected chi connectivity index (χ3v) is 2.37. The highest BCUT2D eigenvalue weighted by molar-refractivity contribution is 5.85. The Kier molecular flexibility index (Phi) is 1.11. The van der Waals surface area contributed by atoms with E-state index in [4.69, 9.17) is 14.0 Å². The van der Waals surface area contributed by atoms with Crippen LogP contribution >= 0.6 is 0 Å². The highest BCUT2D eigenvalue weighted by Crippen LogP contribution is 2.24. The molecule has 0 fully saturated rings. The summed E-state index contributed by atoms with van der Waals surface area (Å²) in [6, 6.07) is 6.81. The van der Waals surface area contributed by atoms with Gasteiger partial charge in [-0.25, -0.2) is 0 Å². The Morgan fingerprint density at radius 3 is 3.00 bits per heavy atom. The summed E-state index contributed by atoms with van der Waals surface area (Å²) in [4.78, 5) is 0. The lowest BCUT2D eigenvalue weighted by molar-refractivity contribution is 0.882. The molecular weight excluding hydrogens is 172 g/mol. The van der Waals surface area contributed by atoms with Crippen LogP contribution in [-0.4, -0.2) is 11.1 Å². The van der Waals surface area contributed by atoms with E-state index in [9.17, 15) is 0 Å². The number of fused-ring (bicyclic) bond motifs is 1. The second kappa shape index (κ2) is 3.46. The average Bonchev–Trinajstić information content (AvgIpc) is 2.64. The fraction of sp³-hybridized carbons (Fsp3) is 0.333. The van der Waals surface area contributed by atoms with Crippen molar-refractivity contribution in [1.82, 2.24) is 4.57 Å². The molecule has 2 N–H and O–H groups in total. The van der Waals surface area contributed by atoms with E-state index >= 15 is 0 Å². The van der Waals surface area contributed by atoms with Gasteiger partial charge in [0.15, 0.2) is 0 Å². The van der Waals surface area contributed by atoms with Gasteiger partial charge in [0, 0.05) is 31.8 Å². The maximum atomic E-state index is 7.67. The van der Waals surface area contributed by atoms with Crippen molar-refractivity contribution >= 4 is 10.9 Å². The number of aryl methyl sites for hydroxylation is 1. The lowest BCUT2D eigenvalue weighted by Crippen LogP contribution is -2.03. The predicted octanol–water partition coefficient (Wildman–Crippen LogP) is 1.99. The summed E-state index contributed by atoms with van der Waals surface area (Å²) in [5.41, 5.74) is 6.32. The maximum Gasteiger partial charge on any atom is 0.0482 e. The van der Waals surface area contributed by atoms with E-state index in [1.165, 1.54) is 0 Å². The minimum Gasteiger partial charge on any atom is -0.348 e. The molecule has 0 saturated carbocycles. The van der Waals surface area contributed by atoms with Crippen LogP contribution in [0, 0.1) is 6.85 Å². The minimum atomic E-state index is -2.55. The van der Waals surface area contributed by atoms with Crippen molar-refractivity contribution in [2.24, 2.45) is 12.7 Å². The van der Waals surface area contributed by atoms with Crippen molar-refractivity contribution in [3.8, 4) is 0 Å². The van der Waals surface area contributed by atoms with Crippen LogP contribution in [-0.2, 0) is 13.4 Å². The van der Waals surface area contributed by atoms with Gasteiger partial charge in [-0.2, -0.15) is 0 Å². The van der Waals surface area contributed by atoms with Crippen LogP contribution in [0.15, 0.2) is 24.3 Å². The highest BCUT2D eigenvalue weighted by Gasteiger charge is 2.09. The van der Waals surface area contributed by atoms with E-state index in [0.717, 1.165) is 4.57 Å². The molecule has 0 atom stereocenters. The molecule has 0 amide bonds. The van der Waals surface area contributed by atoms with Gasteiger partial charge in [-0.1, -0.05) is 18.2 Å². The number of rotatable bonds is 2. The van der Waals surface area contributed by atoms with Crippen LogP contribution < -0.4 is 5.73 Å². The summed E-state index contributed by atoms with van der Waals surface area (Å²) >= 11 is 0. The summed E-state index contributed by atoms with van der Waals surface area (Å²) in [7, 11) is 0. The third-order valence-electron chi connectivity index (χ3n) is 2.37. The van der Waals surface area contributed by atoms with Gasteiger partial charge in [-0.15, -0.1) is 0 Å². The van der Waals surface area contributed by atoms with Crippen molar-refractivity contribution in [1.29, 1.82) is 0 Å². The topological polar surface area (TPSA) is 30.9 Å². The first-order chi connectivity index (χ1) is 9.18. The van der Waals surface area contributed by atoms with Crippen molar-refractivity contribution in [2.75, 3.05) is 6.54 Å². The molecule has 0 aliphatic rings. The molecule has 0 unspecified atom stereocenters. The van der Waals surface area contributed by atoms with Gasteiger partial charge < -0.3 is 10.3 Å². The van der Waals surface area contributed by atoms with E-state index in [1.54, 1.807) is 24.3 Å². The van der Waals surface area contributed by atoms with Crippen LogP contribution in [0.5, 0.6) is 0 Å². The zero-order valence-electron chi connectivity index (χ0n) is 13.7. The van der Waals surface area contributed by atoms with E-state index in [2.05, 4.69) is 0 Å². The summed E-state index contributed by atoms with van der Waals surface area (Å²) in [5.74, 6) is 0. The highest BCUT2D eigenvalue weighted by atomic mass is 14.9. The lowest BCUT2D eigenvalue weighted by atomic mass is 10.1. The van der Waals surface area contributed by atoms with Gasteiger partial charge in [0.1, 0.15) is 0 Å². The molecule has 1 aromatic heterocycles. The summed E-state index contributed by atoms with van der Waals surface area (Å²) in [6.07, 6.45) is 0.331. The first-order valence-electron chi connectivity index (χ1n) is 7.51. The second-order valence-corrected chi connectivity index (χ2v) is 3.22. The Bertz CT molecular complexity index is 623. The van der Waals surface area contributed by atoms with Crippen LogP contribution in [0.1, 0.15) is 19.5 Å². The first kappa shape index (κ1) is 4.49.